The lowest BCUT2D eigenvalue weighted by Gasteiger charge is -2.24. The zero-order valence-corrected chi connectivity index (χ0v) is 21.8. The molecule has 1 aliphatic carbocycles. The molecule has 1 atom stereocenters. The quantitative estimate of drug-likeness (QED) is 0.180. The molecule has 1 aliphatic rings. The molecule has 3 aromatic carbocycles. The van der Waals surface area contributed by atoms with Crippen LogP contribution in [0, 0.1) is 5.92 Å². The number of ketones is 1. The minimum atomic E-state index is -0.395. The van der Waals surface area contributed by atoms with Crippen LogP contribution in [0.3, 0.4) is 0 Å². The van der Waals surface area contributed by atoms with E-state index in [4.69, 9.17) is 4.74 Å². The number of nitrogens with zero attached hydrogens (tertiary/aromatic N) is 1. The first-order valence-electron chi connectivity index (χ1n) is 13.5. The fourth-order valence-electron chi connectivity index (χ4n) is 5.89. The summed E-state index contributed by atoms with van der Waals surface area (Å²) in [7, 11) is 1.40. The molecular weight excluding hydrogens is 458 g/mol. The molecule has 4 heteroatoms. The fraction of sp³-hybridized carbons (Fsp3) is 0.333. The van der Waals surface area contributed by atoms with Gasteiger partial charge >= 0.3 is 5.97 Å². The summed E-state index contributed by atoms with van der Waals surface area (Å²) in [4.78, 5) is 26.4. The van der Waals surface area contributed by atoms with Crippen LogP contribution < -0.4 is 0 Å². The average Bonchev–Trinajstić information content (AvgIpc) is 3.24. The van der Waals surface area contributed by atoms with Crippen molar-refractivity contribution < 1.29 is 14.3 Å². The number of esters is 1. The van der Waals surface area contributed by atoms with E-state index in [2.05, 4.69) is 60.0 Å². The van der Waals surface area contributed by atoms with E-state index in [0.29, 0.717) is 24.4 Å². The van der Waals surface area contributed by atoms with Crippen molar-refractivity contribution in [3.05, 3.63) is 106 Å². The van der Waals surface area contributed by atoms with Crippen LogP contribution >= 0.6 is 0 Å². The van der Waals surface area contributed by atoms with Crippen LogP contribution in [0.5, 0.6) is 0 Å². The molecule has 4 aromatic rings. The van der Waals surface area contributed by atoms with Crippen molar-refractivity contribution in [1.82, 2.24) is 4.57 Å². The van der Waals surface area contributed by atoms with Crippen LogP contribution in [0.1, 0.15) is 82.1 Å². The maximum absolute atomic E-state index is 13.6. The number of rotatable bonds is 9. The Morgan fingerprint density at radius 3 is 2.43 bits per heavy atom. The number of Topliss-reactive ketones (excluding diaryl/α,β-unsaturated/α-hetero) is 1. The lowest BCUT2D eigenvalue weighted by molar-refractivity contribution is 0.0603. The van der Waals surface area contributed by atoms with Gasteiger partial charge in [-0.2, -0.15) is 0 Å². The third-order valence-electron chi connectivity index (χ3n) is 7.74. The molecule has 190 valence electrons. The van der Waals surface area contributed by atoms with Gasteiger partial charge < -0.3 is 9.30 Å². The Kier molecular flexibility index (Phi) is 7.55. The summed E-state index contributed by atoms with van der Waals surface area (Å²) in [5.74, 6) is 0.101. The topological polar surface area (TPSA) is 48.3 Å². The Morgan fingerprint density at radius 2 is 1.68 bits per heavy atom. The van der Waals surface area contributed by atoms with Gasteiger partial charge in [-0.1, -0.05) is 86.8 Å². The van der Waals surface area contributed by atoms with Crippen LogP contribution in [0.2, 0.25) is 0 Å². The summed E-state index contributed by atoms with van der Waals surface area (Å²) in [5.41, 5.74) is 6.98. The van der Waals surface area contributed by atoms with Crippen LogP contribution in [-0.4, -0.2) is 23.4 Å². The van der Waals surface area contributed by atoms with Crippen molar-refractivity contribution in [3.63, 3.8) is 0 Å². The zero-order chi connectivity index (χ0) is 25.8. The van der Waals surface area contributed by atoms with Gasteiger partial charge in [-0.25, -0.2) is 4.79 Å². The first kappa shape index (κ1) is 25.0. The Bertz CT molecular complexity index is 1420. The predicted octanol–water partition coefficient (Wildman–Crippen LogP) is 7.39. The summed E-state index contributed by atoms with van der Waals surface area (Å²) < 4.78 is 7.41. The first-order valence-corrected chi connectivity index (χ1v) is 13.5. The second kappa shape index (κ2) is 11.2. The molecule has 0 N–H and O–H groups in total. The first-order chi connectivity index (χ1) is 18.1. The number of carbonyl (C=O) groups excluding carboxylic acids is 2. The molecule has 1 unspecified atom stereocenters. The van der Waals surface area contributed by atoms with Crippen molar-refractivity contribution in [1.29, 1.82) is 0 Å². The SMILES string of the molecule is CCCCCC1CC(=O)c2c(n(Cc3ccccc3Cc3ccccc3)c3cccc(C(=O)OC)c23)C1. The molecule has 0 saturated carbocycles. The Morgan fingerprint density at radius 1 is 0.919 bits per heavy atom. The molecule has 5 rings (SSSR count). The predicted molar refractivity (Wildman–Crippen MR) is 148 cm³/mol. The van der Waals surface area contributed by atoms with Crippen LogP contribution in [-0.2, 0) is 24.1 Å². The van der Waals surface area contributed by atoms with E-state index in [0.717, 1.165) is 47.8 Å². The van der Waals surface area contributed by atoms with Crippen molar-refractivity contribution in [2.75, 3.05) is 7.11 Å². The van der Waals surface area contributed by atoms with Crippen molar-refractivity contribution in [2.45, 2.75) is 58.4 Å². The summed E-state index contributed by atoms with van der Waals surface area (Å²) >= 11 is 0. The van der Waals surface area contributed by atoms with Gasteiger partial charge in [-0.3, -0.25) is 4.79 Å². The number of unbranched alkanes of at least 4 members (excludes halogenated alkanes) is 2. The summed E-state index contributed by atoms with van der Waals surface area (Å²) in [6.07, 6.45) is 6.85. The molecule has 0 amide bonds. The number of hydrogen-bond acceptors (Lipinski definition) is 3. The summed E-state index contributed by atoms with van der Waals surface area (Å²) in [6.45, 7) is 2.87. The van der Waals surface area contributed by atoms with E-state index >= 15 is 0 Å². The molecule has 37 heavy (non-hydrogen) atoms. The Hall–Kier alpha value is -3.66. The number of methoxy groups -OCH3 is 1. The summed E-state index contributed by atoms with van der Waals surface area (Å²) in [5, 5.41) is 0.752. The lowest BCUT2D eigenvalue weighted by Crippen LogP contribution is -2.22. The van der Waals surface area contributed by atoms with Crippen LogP contribution in [0.25, 0.3) is 10.9 Å². The average molecular weight is 494 g/mol. The van der Waals surface area contributed by atoms with Gasteiger partial charge in [0, 0.05) is 29.6 Å². The number of aromatic nitrogens is 1. The number of fused-ring (bicyclic) bond motifs is 3. The third-order valence-corrected chi connectivity index (χ3v) is 7.74. The standard InChI is InChI=1S/C33H35NO3/c1-3-4-6-14-24-20-29-32(30(35)21-24)31-27(33(36)37-2)17-11-18-28(31)34(29)22-26-16-10-9-15-25(26)19-23-12-7-5-8-13-23/h5,7-13,15-18,24H,3-4,6,14,19-22H2,1-2H3. The van der Waals surface area contributed by atoms with Gasteiger partial charge in [-0.15, -0.1) is 0 Å². The van der Waals surface area contributed by atoms with E-state index in [-0.39, 0.29) is 5.78 Å². The monoisotopic (exact) mass is 493 g/mol. The maximum atomic E-state index is 13.6. The van der Waals surface area contributed by atoms with Gasteiger partial charge in [0.25, 0.3) is 0 Å². The van der Waals surface area contributed by atoms with E-state index in [9.17, 15) is 9.59 Å². The molecular formula is C33H35NO3. The zero-order valence-electron chi connectivity index (χ0n) is 21.8. The molecule has 0 aliphatic heterocycles. The lowest BCUT2D eigenvalue weighted by atomic mass is 9.82. The highest BCUT2D eigenvalue weighted by Gasteiger charge is 2.33. The van der Waals surface area contributed by atoms with Gasteiger partial charge in [0.2, 0.25) is 0 Å². The van der Waals surface area contributed by atoms with Crippen molar-refractivity contribution in [2.24, 2.45) is 5.92 Å². The highest BCUT2D eigenvalue weighted by Crippen LogP contribution is 2.38. The van der Waals surface area contributed by atoms with E-state index in [1.807, 2.05) is 18.2 Å². The van der Waals surface area contributed by atoms with E-state index < -0.39 is 5.97 Å². The number of hydrogen-bond donors (Lipinski definition) is 0. The number of carbonyl (C=O) groups is 2. The second-order valence-electron chi connectivity index (χ2n) is 10.2. The second-order valence-corrected chi connectivity index (χ2v) is 10.2. The number of benzene rings is 3. The third kappa shape index (κ3) is 5.11. The van der Waals surface area contributed by atoms with Crippen LogP contribution in [0.4, 0.5) is 0 Å². The number of ether oxygens (including phenoxy) is 1. The molecule has 0 bridgehead atoms. The Balaban J connectivity index is 1.61. The highest BCUT2D eigenvalue weighted by atomic mass is 16.5. The normalized spacial score (nSPS) is 15.1. The van der Waals surface area contributed by atoms with Gasteiger partial charge in [0.15, 0.2) is 5.78 Å². The maximum Gasteiger partial charge on any atom is 0.338 e. The summed E-state index contributed by atoms with van der Waals surface area (Å²) in [6, 6.07) is 24.8. The molecule has 0 fully saturated rings. The fourth-order valence-corrected chi connectivity index (χ4v) is 5.89. The minimum Gasteiger partial charge on any atom is -0.465 e. The minimum absolute atomic E-state index is 0.153. The highest BCUT2D eigenvalue weighted by molar-refractivity contribution is 6.16. The molecule has 4 nitrogen and oxygen atoms in total. The smallest absolute Gasteiger partial charge is 0.338 e. The van der Waals surface area contributed by atoms with Crippen LogP contribution in [0.15, 0.2) is 72.8 Å². The van der Waals surface area contributed by atoms with E-state index in [1.54, 1.807) is 6.07 Å². The molecule has 1 aromatic heterocycles. The van der Waals surface area contributed by atoms with Crippen molar-refractivity contribution in [3.8, 4) is 0 Å². The van der Waals surface area contributed by atoms with Gasteiger partial charge in [-0.05, 0) is 54.0 Å². The molecule has 0 radical (unpaired) electrons. The van der Waals surface area contributed by atoms with Crippen molar-refractivity contribution >= 4 is 22.7 Å². The molecule has 0 spiro atoms. The molecule has 0 saturated heterocycles. The Labute approximate surface area is 219 Å². The van der Waals surface area contributed by atoms with Gasteiger partial charge in [0.1, 0.15) is 0 Å². The van der Waals surface area contributed by atoms with Gasteiger partial charge in [0.05, 0.1) is 18.2 Å². The largest absolute Gasteiger partial charge is 0.465 e. The van der Waals surface area contributed by atoms with E-state index in [1.165, 1.54) is 36.6 Å². The molecule has 1 heterocycles.